The molecule has 10 rings (SSSR count). The van der Waals surface area contributed by atoms with E-state index in [-0.39, 0.29) is 64.6 Å². The number of carbonyl (C=O) groups excluding carboxylic acids is 7. The van der Waals surface area contributed by atoms with Crippen LogP contribution in [0.15, 0.2) is 78.9 Å². The summed E-state index contributed by atoms with van der Waals surface area (Å²) >= 11 is 12.8. The van der Waals surface area contributed by atoms with Crippen molar-refractivity contribution in [1.29, 1.82) is 0 Å². The minimum absolute atomic E-state index is 0.0936. The Morgan fingerprint density at radius 1 is 0.772 bits per heavy atom. The van der Waals surface area contributed by atoms with Gasteiger partial charge in [0.15, 0.2) is 5.78 Å². The van der Waals surface area contributed by atoms with Crippen LogP contribution in [0.25, 0.3) is 0 Å². The number of hydrogen-bond acceptors (Lipinski definition) is 13. The molecule has 4 aliphatic heterocycles. The second kappa shape index (κ2) is 24.7. The molecule has 79 heavy (non-hydrogen) atoms. The molecule has 0 aromatic heterocycles. The first kappa shape index (κ1) is 56.2. The monoisotopic (exact) mass is 1120 g/mol. The van der Waals surface area contributed by atoms with Crippen LogP contribution in [0.4, 0.5) is 21.5 Å². The van der Waals surface area contributed by atoms with E-state index in [1.54, 1.807) is 66.7 Å². The molecule has 0 bridgehead atoms. The summed E-state index contributed by atoms with van der Waals surface area (Å²) in [6, 6.07) is 20.1. The summed E-state index contributed by atoms with van der Waals surface area (Å²) in [5, 5.41) is 16.9. The van der Waals surface area contributed by atoms with Gasteiger partial charge >= 0.3 is 0 Å². The third kappa shape index (κ3) is 11.3. The summed E-state index contributed by atoms with van der Waals surface area (Å²) in [5.41, 5.74) is 1.15. The number of likely N-dealkylation sites (tertiary alicyclic amines) is 1. The maximum Gasteiger partial charge on any atom is 0.264 e. The largest absolute Gasteiger partial charge is 0.384 e. The Balaban J connectivity index is 0.608. The number of ether oxygens (including phenoxy) is 3. The van der Waals surface area contributed by atoms with E-state index in [0.717, 1.165) is 50.0 Å². The number of Topliss-reactive ketones (excluding diaryl/α,β-unsaturated/α-hetero) is 2. The van der Waals surface area contributed by atoms with Crippen molar-refractivity contribution in [2.45, 2.75) is 112 Å². The predicted octanol–water partition coefficient (Wildman–Crippen LogP) is 7.84. The van der Waals surface area contributed by atoms with Gasteiger partial charge in [-0.1, -0.05) is 66.7 Å². The van der Waals surface area contributed by atoms with Crippen LogP contribution < -0.4 is 26.6 Å². The van der Waals surface area contributed by atoms with Gasteiger partial charge in [-0.05, 0) is 117 Å². The van der Waals surface area contributed by atoms with E-state index < -0.39 is 58.3 Å². The van der Waals surface area contributed by atoms with Crippen molar-refractivity contribution in [3.8, 4) is 0 Å². The van der Waals surface area contributed by atoms with E-state index in [0.29, 0.717) is 112 Å². The van der Waals surface area contributed by atoms with E-state index in [1.807, 2.05) is 11.0 Å². The van der Waals surface area contributed by atoms with E-state index in [2.05, 4.69) is 26.6 Å². The lowest BCUT2D eigenvalue weighted by Gasteiger charge is -2.47. The molecule has 0 radical (unpaired) electrons. The minimum atomic E-state index is -1.35. The van der Waals surface area contributed by atoms with Gasteiger partial charge in [-0.25, -0.2) is 4.39 Å². The zero-order chi connectivity index (χ0) is 55.3. The second-order valence-corrected chi connectivity index (χ2v) is 22.2. The smallest absolute Gasteiger partial charge is 0.264 e. The van der Waals surface area contributed by atoms with Gasteiger partial charge in [-0.3, -0.25) is 43.8 Å². The average Bonchev–Trinajstić information content (AvgIpc) is 2.59. The van der Waals surface area contributed by atoms with E-state index in [9.17, 15) is 33.6 Å². The standard InChI is InChI=1S/C59H66Cl2FN7O10/c60-37-14-18-43-46(34-37)66-57(76)59(43)50(42-9-4-10-44(61)51(42)62)52(67-58(59)22-2-1-3-23-58)53(72)65-39-15-12-36(13-16-39)54(73)68-26-20-38(21-27-68)63-24-6-28-77-30-32-79-33-31-78-29-7-25-64-45-11-5-8-41-49(45)56(75)69(55(41)74)47-19-17-40(70)35-48(47)71/h4-5,8-16,18,34,38,47,50,52,63-64,67H,1-3,6-7,17,19-33,35H2,(H,65,72)(H,66,76)/t47?,50-,52+,59+/m0/s1. The molecule has 6 aliphatic rings. The average molecular weight is 1120 g/mol. The molecular formula is C59H66Cl2FN7O10. The van der Waals surface area contributed by atoms with Crippen molar-refractivity contribution in [2.75, 3.05) is 81.8 Å². The van der Waals surface area contributed by atoms with Gasteiger partial charge in [-0.15, -0.1) is 0 Å². The third-order valence-electron chi connectivity index (χ3n) is 16.6. The molecule has 1 unspecified atom stereocenters. The fourth-order valence-corrected chi connectivity index (χ4v) is 13.2. The van der Waals surface area contributed by atoms with Crippen molar-refractivity contribution >= 4 is 81.4 Å². The SMILES string of the molecule is O=C1CCC(N2C(=O)c3cccc(NCCCOCCOCCOCCCNC4CCN(C(=O)c5ccc(NC(=O)[C@@H]6NC7(CCCCC7)[C@@]7(C(=O)Nc8cc(Cl)ccc87)[C@H]6c6cccc(Cl)c6F)cc5)CC4)c3C2=O)C(=O)C1. The Kier molecular flexibility index (Phi) is 17.6. The fraction of sp³-hybridized carbons (Fsp3) is 0.475. The molecule has 4 aromatic carbocycles. The Bertz CT molecular complexity index is 2990. The first-order valence-corrected chi connectivity index (χ1v) is 28.4. The van der Waals surface area contributed by atoms with Crippen molar-refractivity contribution in [3.63, 3.8) is 0 Å². The lowest BCUT2D eigenvalue weighted by molar-refractivity contribution is -0.132. The van der Waals surface area contributed by atoms with Crippen LogP contribution in [0.5, 0.6) is 0 Å². The van der Waals surface area contributed by atoms with Crippen LogP contribution in [-0.2, 0) is 38.8 Å². The van der Waals surface area contributed by atoms with Gasteiger partial charge in [0.25, 0.3) is 17.7 Å². The molecule has 4 heterocycles. The third-order valence-corrected chi connectivity index (χ3v) is 17.1. The zero-order valence-corrected chi connectivity index (χ0v) is 45.5. The molecule has 418 valence electrons. The molecule has 4 atom stereocenters. The molecular weight excluding hydrogens is 1060 g/mol. The molecule has 4 aromatic rings. The van der Waals surface area contributed by atoms with Crippen LogP contribution in [0.3, 0.4) is 0 Å². The number of piperidine rings is 1. The number of nitrogens with zero attached hydrogens (tertiary/aromatic N) is 2. The number of halogens is 3. The molecule has 2 aliphatic carbocycles. The number of carbonyl (C=O) groups is 7. The highest BCUT2D eigenvalue weighted by molar-refractivity contribution is 6.31. The Hall–Kier alpha value is -6.12. The first-order valence-electron chi connectivity index (χ1n) is 27.6. The maximum absolute atomic E-state index is 16.3. The second-order valence-electron chi connectivity index (χ2n) is 21.3. The summed E-state index contributed by atoms with van der Waals surface area (Å²) in [7, 11) is 0. The first-order chi connectivity index (χ1) is 38.3. The highest BCUT2D eigenvalue weighted by atomic mass is 35.5. The summed E-state index contributed by atoms with van der Waals surface area (Å²) < 4.78 is 33.4. The number of rotatable bonds is 21. The molecule has 17 nitrogen and oxygen atoms in total. The molecule has 5 amide bonds. The highest BCUT2D eigenvalue weighted by Gasteiger charge is 2.72. The maximum atomic E-state index is 16.3. The molecule has 2 saturated heterocycles. The van der Waals surface area contributed by atoms with Crippen molar-refractivity contribution < 1.29 is 52.2 Å². The number of imide groups is 1. The van der Waals surface area contributed by atoms with Gasteiger partial charge in [0.2, 0.25) is 11.8 Å². The van der Waals surface area contributed by atoms with Gasteiger partial charge in [0.1, 0.15) is 17.0 Å². The number of anilines is 3. The molecule has 2 spiro atoms. The number of benzene rings is 4. The topological polar surface area (TPSA) is 214 Å². The zero-order valence-electron chi connectivity index (χ0n) is 44.0. The molecule has 5 N–H and O–H groups in total. The van der Waals surface area contributed by atoms with Gasteiger partial charge in [0.05, 0.1) is 61.1 Å². The normalized spacial score (nSPS) is 22.7. The predicted molar refractivity (Wildman–Crippen MR) is 295 cm³/mol. The Labute approximate surface area is 468 Å². The molecule has 20 heteroatoms. The summed E-state index contributed by atoms with van der Waals surface area (Å²) in [6.45, 7) is 5.25. The van der Waals surface area contributed by atoms with Gasteiger partial charge < -0.3 is 40.4 Å². The quantitative estimate of drug-likeness (QED) is 0.0306. The van der Waals surface area contributed by atoms with Crippen LogP contribution in [0.2, 0.25) is 10.0 Å². The van der Waals surface area contributed by atoms with Crippen LogP contribution in [0, 0.1) is 5.82 Å². The van der Waals surface area contributed by atoms with E-state index in [4.69, 9.17) is 37.4 Å². The minimum Gasteiger partial charge on any atom is -0.384 e. The fourth-order valence-electron chi connectivity index (χ4n) is 12.9. The summed E-state index contributed by atoms with van der Waals surface area (Å²) in [4.78, 5) is 96.5. The highest BCUT2D eigenvalue weighted by Crippen LogP contribution is 2.63. The van der Waals surface area contributed by atoms with Crippen LogP contribution in [0.1, 0.15) is 125 Å². The number of ketones is 2. The molecule has 2 saturated carbocycles. The van der Waals surface area contributed by atoms with Gasteiger partial charge in [0, 0.05) is 84.4 Å². The number of amides is 5. The van der Waals surface area contributed by atoms with E-state index >= 15 is 4.39 Å². The summed E-state index contributed by atoms with van der Waals surface area (Å²) in [5.74, 6) is -4.08. The van der Waals surface area contributed by atoms with Crippen LogP contribution >= 0.6 is 23.2 Å². The van der Waals surface area contributed by atoms with Crippen molar-refractivity contribution in [1.82, 2.24) is 20.4 Å². The number of hydrogen-bond donors (Lipinski definition) is 5. The number of fused-ring (bicyclic) bond motifs is 4. The molecule has 4 fully saturated rings. The van der Waals surface area contributed by atoms with Crippen molar-refractivity contribution in [2.24, 2.45) is 0 Å². The van der Waals surface area contributed by atoms with Gasteiger partial charge in [-0.2, -0.15) is 0 Å². The Morgan fingerprint density at radius 3 is 2.19 bits per heavy atom. The lowest BCUT2D eigenvalue weighted by Crippen LogP contribution is -2.60. The number of nitrogens with one attached hydrogen (secondary N) is 5. The van der Waals surface area contributed by atoms with E-state index in [1.165, 1.54) is 6.07 Å². The van der Waals surface area contributed by atoms with Crippen molar-refractivity contribution in [3.05, 3.63) is 123 Å². The Morgan fingerprint density at radius 2 is 1.47 bits per heavy atom. The van der Waals surface area contributed by atoms with Crippen LogP contribution in [-0.4, -0.2) is 140 Å². The summed E-state index contributed by atoms with van der Waals surface area (Å²) in [6.07, 6.45) is 6.98. The lowest BCUT2D eigenvalue weighted by atomic mass is 9.55.